The molecular formula is C19H13BrN2O2S2. The number of aromatic nitrogens is 1. The normalized spacial score (nSPS) is 10.8. The molecule has 1 amide bonds. The minimum atomic E-state index is -0.0943. The first-order chi connectivity index (χ1) is 12.7. The molecule has 1 N–H and O–H groups in total. The van der Waals surface area contributed by atoms with Crippen molar-refractivity contribution in [2.75, 3.05) is 0 Å². The largest absolute Gasteiger partial charge is 0.447 e. The van der Waals surface area contributed by atoms with Gasteiger partial charge in [-0.3, -0.25) is 4.79 Å². The first-order valence-corrected chi connectivity index (χ1v) is 10.3. The number of ether oxygens (including phenoxy) is 1. The third-order valence-electron chi connectivity index (χ3n) is 3.67. The van der Waals surface area contributed by atoms with Crippen LogP contribution in [-0.4, -0.2) is 10.9 Å². The number of hydrogen-bond donors (Lipinski definition) is 1. The van der Waals surface area contributed by atoms with Gasteiger partial charge in [0, 0.05) is 14.9 Å². The molecule has 2 heterocycles. The Morgan fingerprint density at radius 2 is 2.08 bits per heavy atom. The molecule has 0 bridgehead atoms. The lowest BCUT2D eigenvalue weighted by Gasteiger charge is -2.04. The molecule has 2 aromatic carbocycles. The predicted molar refractivity (Wildman–Crippen MR) is 109 cm³/mol. The Morgan fingerprint density at radius 3 is 2.96 bits per heavy atom. The average molecular weight is 445 g/mol. The zero-order valence-electron chi connectivity index (χ0n) is 13.4. The van der Waals surface area contributed by atoms with Gasteiger partial charge < -0.3 is 10.1 Å². The Bertz CT molecular complexity index is 1070. The summed E-state index contributed by atoms with van der Waals surface area (Å²) in [5, 5.41) is 3.74. The van der Waals surface area contributed by atoms with Gasteiger partial charge >= 0.3 is 0 Å². The van der Waals surface area contributed by atoms with Gasteiger partial charge in [0.15, 0.2) is 5.06 Å². The molecule has 4 nitrogen and oxygen atoms in total. The molecule has 130 valence electrons. The lowest BCUT2D eigenvalue weighted by Crippen LogP contribution is -2.22. The van der Waals surface area contributed by atoms with Crippen LogP contribution in [0.25, 0.3) is 10.2 Å². The van der Waals surface area contributed by atoms with E-state index in [0.717, 1.165) is 30.4 Å². The van der Waals surface area contributed by atoms with Crippen molar-refractivity contribution in [1.82, 2.24) is 10.3 Å². The zero-order chi connectivity index (χ0) is 17.9. The van der Waals surface area contributed by atoms with Gasteiger partial charge in [-0.1, -0.05) is 22.0 Å². The minimum Gasteiger partial charge on any atom is -0.447 e. The summed E-state index contributed by atoms with van der Waals surface area (Å²) in [6, 6.07) is 17.1. The third-order valence-corrected chi connectivity index (χ3v) is 5.92. The van der Waals surface area contributed by atoms with Crippen LogP contribution in [0.5, 0.6) is 10.8 Å². The highest BCUT2D eigenvalue weighted by atomic mass is 79.9. The van der Waals surface area contributed by atoms with Crippen molar-refractivity contribution in [3.05, 3.63) is 75.0 Å². The number of fused-ring (bicyclic) bond motifs is 1. The van der Waals surface area contributed by atoms with Crippen LogP contribution in [0.3, 0.4) is 0 Å². The highest BCUT2D eigenvalue weighted by Gasteiger charge is 2.09. The van der Waals surface area contributed by atoms with Crippen LogP contribution < -0.4 is 10.1 Å². The van der Waals surface area contributed by atoms with Gasteiger partial charge in [0.1, 0.15) is 5.75 Å². The number of amides is 1. The fraction of sp³-hybridized carbons (Fsp3) is 0.0526. The Morgan fingerprint density at radius 1 is 1.15 bits per heavy atom. The van der Waals surface area contributed by atoms with E-state index < -0.39 is 0 Å². The Labute approximate surface area is 166 Å². The zero-order valence-corrected chi connectivity index (χ0v) is 16.7. The van der Waals surface area contributed by atoms with Gasteiger partial charge in [-0.05, 0) is 48.5 Å². The fourth-order valence-electron chi connectivity index (χ4n) is 2.42. The molecule has 0 saturated heterocycles. The molecule has 0 saturated carbocycles. The molecule has 26 heavy (non-hydrogen) atoms. The third kappa shape index (κ3) is 3.95. The molecule has 0 atom stereocenters. The number of thiophene rings is 1. The van der Waals surface area contributed by atoms with Crippen molar-refractivity contribution >= 4 is 54.7 Å². The van der Waals surface area contributed by atoms with E-state index in [1.807, 2.05) is 48.5 Å². The molecular weight excluding hydrogens is 432 g/mol. The number of halogens is 1. The predicted octanol–water partition coefficient (Wildman–Crippen LogP) is 5.84. The SMILES string of the molecule is O=C(NCc1ccc(Oc2cccc(Br)c2)s1)c1ccc2ncsc2c1. The number of nitrogens with one attached hydrogen (secondary N) is 1. The highest BCUT2D eigenvalue weighted by Crippen LogP contribution is 2.30. The van der Waals surface area contributed by atoms with Crippen LogP contribution in [-0.2, 0) is 6.54 Å². The molecule has 4 aromatic rings. The van der Waals surface area contributed by atoms with Crippen LogP contribution in [0.1, 0.15) is 15.2 Å². The maximum absolute atomic E-state index is 12.4. The van der Waals surface area contributed by atoms with Crippen molar-refractivity contribution in [3.63, 3.8) is 0 Å². The van der Waals surface area contributed by atoms with Crippen molar-refractivity contribution in [2.24, 2.45) is 0 Å². The summed E-state index contributed by atoms with van der Waals surface area (Å²) in [4.78, 5) is 17.6. The van der Waals surface area contributed by atoms with E-state index in [2.05, 4.69) is 26.2 Å². The lowest BCUT2D eigenvalue weighted by molar-refractivity contribution is 0.0951. The number of thiazole rings is 1. The minimum absolute atomic E-state index is 0.0943. The molecule has 7 heteroatoms. The average Bonchev–Trinajstić information content (AvgIpc) is 3.28. The number of rotatable bonds is 5. The maximum Gasteiger partial charge on any atom is 0.251 e. The molecule has 0 fully saturated rings. The monoisotopic (exact) mass is 444 g/mol. The quantitative estimate of drug-likeness (QED) is 0.420. The number of carbonyl (C=O) groups excluding carboxylic acids is 1. The van der Waals surface area contributed by atoms with E-state index in [0.29, 0.717) is 12.1 Å². The Balaban J connectivity index is 1.38. The molecule has 0 spiro atoms. The van der Waals surface area contributed by atoms with Gasteiger partial charge in [-0.25, -0.2) is 4.98 Å². The molecule has 4 rings (SSSR count). The summed E-state index contributed by atoms with van der Waals surface area (Å²) in [6.07, 6.45) is 0. The second-order valence-corrected chi connectivity index (χ2v) is 8.43. The molecule has 0 unspecified atom stereocenters. The number of hydrogen-bond acceptors (Lipinski definition) is 5. The summed E-state index contributed by atoms with van der Waals surface area (Å²) < 4.78 is 7.82. The van der Waals surface area contributed by atoms with E-state index in [-0.39, 0.29) is 5.91 Å². The molecule has 0 aliphatic rings. The topological polar surface area (TPSA) is 51.2 Å². The summed E-state index contributed by atoms with van der Waals surface area (Å²) in [6.45, 7) is 0.464. The first-order valence-electron chi connectivity index (χ1n) is 7.81. The van der Waals surface area contributed by atoms with Gasteiger partial charge in [0.25, 0.3) is 5.91 Å². The summed E-state index contributed by atoms with van der Waals surface area (Å²) >= 11 is 6.47. The molecule has 2 aromatic heterocycles. The van der Waals surface area contributed by atoms with Crippen molar-refractivity contribution in [3.8, 4) is 10.8 Å². The van der Waals surface area contributed by atoms with Crippen LogP contribution in [0.15, 0.2) is 64.6 Å². The number of carbonyl (C=O) groups is 1. The highest BCUT2D eigenvalue weighted by molar-refractivity contribution is 9.10. The maximum atomic E-state index is 12.4. The first kappa shape index (κ1) is 17.2. The lowest BCUT2D eigenvalue weighted by atomic mass is 10.2. The molecule has 0 aliphatic heterocycles. The Hall–Kier alpha value is -2.22. The number of nitrogens with zero attached hydrogens (tertiary/aromatic N) is 1. The van der Waals surface area contributed by atoms with Gasteiger partial charge in [0.05, 0.1) is 22.3 Å². The standard InChI is InChI=1S/C19H13BrN2O2S2/c20-13-2-1-3-14(9-13)24-18-7-5-15(26-18)10-21-19(23)12-4-6-16-17(8-12)25-11-22-16/h1-9,11H,10H2,(H,21,23). The van der Waals surface area contributed by atoms with Crippen molar-refractivity contribution in [1.29, 1.82) is 0 Å². The van der Waals surface area contributed by atoms with Crippen molar-refractivity contribution in [2.45, 2.75) is 6.54 Å². The van der Waals surface area contributed by atoms with E-state index in [4.69, 9.17) is 4.74 Å². The summed E-state index contributed by atoms with van der Waals surface area (Å²) in [5.41, 5.74) is 3.34. The van der Waals surface area contributed by atoms with Crippen LogP contribution in [0, 0.1) is 0 Å². The van der Waals surface area contributed by atoms with E-state index in [1.165, 1.54) is 22.7 Å². The van der Waals surface area contributed by atoms with Crippen LogP contribution in [0.4, 0.5) is 0 Å². The van der Waals surface area contributed by atoms with E-state index in [9.17, 15) is 4.79 Å². The Kier molecular flexibility index (Phi) is 5.01. The van der Waals surface area contributed by atoms with Crippen LogP contribution in [0.2, 0.25) is 0 Å². The second kappa shape index (κ2) is 7.57. The summed E-state index contributed by atoms with van der Waals surface area (Å²) in [5.74, 6) is 0.679. The summed E-state index contributed by atoms with van der Waals surface area (Å²) in [7, 11) is 0. The molecule has 0 aliphatic carbocycles. The molecule has 0 radical (unpaired) electrons. The van der Waals surface area contributed by atoms with Gasteiger partial charge in [-0.2, -0.15) is 0 Å². The number of benzene rings is 2. The van der Waals surface area contributed by atoms with Gasteiger partial charge in [0.2, 0.25) is 0 Å². The van der Waals surface area contributed by atoms with E-state index >= 15 is 0 Å². The smallest absolute Gasteiger partial charge is 0.251 e. The van der Waals surface area contributed by atoms with Crippen molar-refractivity contribution < 1.29 is 9.53 Å². The second-order valence-electron chi connectivity index (χ2n) is 5.50. The van der Waals surface area contributed by atoms with E-state index in [1.54, 1.807) is 11.6 Å². The van der Waals surface area contributed by atoms with Gasteiger partial charge in [-0.15, -0.1) is 22.7 Å². The van der Waals surface area contributed by atoms with Crippen LogP contribution >= 0.6 is 38.6 Å². The fourth-order valence-corrected chi connectivity index (χ4v) is 4.33.